The van der Waals surface area contributed by atoms with Crippen LogP contribution in [0, 0.1) is 5.41 Å². The number of rotatable bonds is 8. The van der Waals surface area contributed by atoms with E-state index in [1.165, 1.54) is 0 Å². The molecule has 6 nitrogen and oxygen atoms in total. The number of aliphatic imine (C=N–C) groups is 1. The van der Waals surface area contributed by atoms with Crippen molar-refractivity contribution < 1.29 is 14.2 Å². The zero-order valence-corrected chi connectivity index (χ0v) is 19.4. The maximum Gasteiger partial charge on any atom is 0.191 e. The number of hydrogen-bond acceptors (Lipinski definition) is 4. The van der Waals surface area contributed by atoms with Gasteiger partial charge in [0.05, 0.1) is 11.7 Å². The van der Waals surface area contributed by atoms with Crippen LogP contribution in [-0.4, -0.2) is 63.7 Å². The fourth-order valence-electron chi connectivity index (χ4n) is 3.56. The van der Waals surface area contributed by atoms with Crippen LogP contribution < -0.4 is 10.6 Å². The van der Waals surface area contributed by atoms with Crippen LogP contribution in [0.4, 0.5) is 0 Å². The Morgan fingerprint density at radius 2 is 1.92 bits per heavy atom. The molecule has 0 aromatic heterocycles. The van der Waals surface area contributed by atoms with Crippen LogP contribution in [0.3, 0.4) is 0 Å². The highest BCUT2D eigenvalue weighted by Crippen LogP contribution is 2.51. The molecule has 1 saturated heterocycles. The number of hydrogen-bond donors (Lipinski definition) is 2. The topological polar surface area (TPSA) is 64.1 Å². The summed E-state index contributed by atoms with van der Waals surface area (Å²) >= 11 is 0. The van der Waals surface area contributed by atoms with Crippen molar-refractivity contribution in [2.75, 3.05) is 40.0 Å². The van der Waals surface area contributed by atoms with Gasteiger partial charge in [-0.25, -0.2) is 0 Å². The Morgan fingerprint density at radius 1 is 1.23 bits per heavy atom. The van der Waals surface area contributed by atoms with Crippen molar-refractivity contribution in [2.45, 2.75) is 71.1 Å². The second-order valence-corrected chi connectivity index (χ2v) is 7.85. The minimum atomic E-state index is -0.0699. The molecular weight excluding hydrogens is 445 g/mol. The lowest BCUT2D eigenvalue weighted by atomic mass is 9.56. The molecule has 26 heavy (non-hydrogen) atoms. The lowest BCUT2D eigenvalue weighted by Gasteiger charge is -2.59. The van der Waals surface area contributed by atoms with Crippen molar-refractivity contribution in [3.8, 4) is 0 Å². The second-order valence-electron chi connectivity index (χ2n) is 7.85. The molecule has 2 unspecified atom stereocenters. The van der Waals surface area contributed by atoms with Gasteiger partial charge in [0.1, 0.15) is 0 Å². The average Bonchev–Trinajstić information content (AvgIpc) is 2.61. The van der Waals surface area contributed by atoms with Crippen LogP contribution in [0.5, 0.6) is 0 Å². The van der Waals surface area contributed by atoms with Gasteiger partial charge in [0, 0.05) is 51.5 Å². The smallest absolute Gasteiger partial charge is 0.191 e. The van der Waals surface area contributed by atoms with Crippen molar-refractivity contribution in [3.63, 3.8) is 0 Å². The highest BCUT2D eigenvalue weighted by atomic mass is 127. The van der Waals surface area contributed by atoms with Gasteiger partial charge in [0.25, 0.3) is 0 Å². The van der Waals surface area contributed by atoms with Crippen LogP contribution in [0.1, 0.15) is 53.4 Å². The average molecular weight is 483 g/mol. The van der Waals surface area contributed by atoms with E-state index in [0.29, 0.717) is 12.1 Å². The normalized spacial score (nSPS) is 28.8. The maximum atomic E-state index is 5.91. The van der Waals surface area contributed by atoms with Gasteiger partial charge in [0.15, 0.2) is 5.96 Å². The Morgan fingerprint density at radius 3 is 2.50 bits per heavy atom. The molecule has 0 aromatic carbocycles. The van der Waals surface area contributed by atoms with Crippen LogP contribution in [0.15, 0.2) is 4.99 Å². The Kier molecular flexibility index (Phi) is 10.1. The van der Waals surface area contributed by atoms with Crippen molar-refractivity contribution in [3.05, 3.63) is 0 Å². The summed E-state index contributed by atoms with van der Waals surface area (Å²) in [6.45, 7) is 12.8. The first-order valence-electron chi connectivity index (χ1n) is 9.72. The van der Waals surface area contributed by atoms with Gasteiger partial charge in [-0.2, -0.15) is 0 Å². The lowest BCUT2D eigenvalue weighted by molar-refractivity contribution is -0.176. The molecule has 2 N–H and O–H groups in total. The summed E-state index contributed by atoms with van der Waals surface area (Å²) in [6.07, 6.45) is 4.34. The van der Waals surface area contributed by atoms with Gasteiger partial charge in [-0.15, -0.1) is 24.0 Å². The lowest BCUT2D eigenvalue weighted by Crippen LogP contribution is -2.69. The maximum absolute atomic E-state index is 5.91. The molecule has 7 heteroatoms. The van der Waals surface area contributed by atoms with Crippen molar-refractivity contribution in [2.24, 2.45) is 10.4 Å². The number of guanidine groups is 1. The quantitative estimate of drug-likeness (QED) is 0.241. The van der Waals surface area contributed by atoms with E-state index in [4.69, 9.17) is 19.2 Å². The second kappa shape index (κ2) is 11.0. The summed E-state index contributed by atoms with van der Waals surface area (Å²) in [5.41, 5.74) is 0.00362. The van der Waals surface area contributed by atoms with Gasteiger partial charge in [-0.3, -0.25) is 4.99 Å². The van der Waals surface area contributed by atoms with Crippen molar-refractivity contribution in [1.29, 1.82) is 0 Å². The van der Waals surface area contributed by atoms with E-state index >= 15 is 0 Å². The monoisotopic (exact) mass is 483 g/mol. The van der Waals surface area contributed by atoms with Crippen LogP contribution in [0.25, 0.3) is 0 Å². The van der Waals surface area contributed by atoms with E-state index in [0.717, 1.165) is 64.6 Å². The molecule has 2 atom stereocenters. The van der Waals surface area contributed by atoms with Crippen LogP contribution >= 0.6 is 24.0 Å². The van der Waals surface area contributed by atoms with Crippen molar-refractivity contribution >= 4 is 29.9 Å². The van der Waals surface area contributed by atoms with E-state index in [1.54, 1.807) is 7.11 Å². The molecule has 2 rings (SSSR count). The van der Waals surface area contributed by atoms with Crippen LogP contribution in [-0.2, 0) is 14.2 Å². The Bertz CT molecular complexity index is 442. The molecule has 2 aliphatic rings. The standard InChI is InChI=1S/C19H37N3O3.HI/c1-6-20-17(22-16-14-19(4,23-5)18(16,2)3)21-10-7-11-25-15-8-12-24-13-9-15;/h15-16H,6-14H2,1-5H3,(H2,20,21,22);1H. The minimum absolute atomic E-state index is 0. The predicted octanol–water partition coefficient (Wildman–Crippen LogP) is 2.95. The van der Waals surface area contributed by atoms with E-state index in [-0.39, 0.29) is 35.0 Å². The summed E-state index contributed by atoms with van der Waals surface area (Å²) in [5.74, 6) is 0.893. The molecule has 154 valence electrons. The van der Waals surface area contributed by atoms with Gasteiger partial charge in [-0.1, -0.05) is 13.8 Å². The summed E-state index contributed by atoms with van der Waals surface area (Å²) in [4.78, 5) is 4.71. The summed E-state index contributed by atoms with van der Waals surface area (Å²) in [7, 11) is 1.80. The fourth-order valence-corrected chi connectivity index (χ4v) is 3.56. The summed E-state index contributed by atoms with van der Waals surface area (Å²) in [5, 5.41) is 6.92. The zero-order valence-electron chi connectivity index (χ0n) is 17.1. The molecule has 0 aromatic rings. The fraction of sp³-hybridized carbons (Fsp3) is 0.947. The van der Waals surface area contributed by atoms with Crippen molar-refractivity contribution in [1.82, 2.24) is 10.6 Å². The van der Waals surface area contributed by atoms with E-state index in [2.05, 4.69) is 38.3 Å². The van der Waals surface area contributed by atoms with Gasteiger partial charge < -0.3 is 24.8 Å². The molecule has 1 aliphatic heterocycles. The van der Waals surface area contributed by atoms with Gasteiger partial charge in [0.2, 0.25) is 0 Å². The Balaban J connectivity index is 0.00000338. The number of nitrogens with one attached hydrogen (secondary N) is 2. The molecule has 1 saturated carbocycles. The Labute approximate surface area is 176 Å². The molecular formula is C19H38IN3O3. The minimum Gasteiger partial charge on any atom is -0.381 e. The zero-order chi connectivity index (χ0) is 18.3. The Hall–Kier alpha value is -0.120. The third-order valence-electron chi connectivity index (χ3n) is 6.03. The SMILES string of the molecule is CCNC(=NCCCOC1CCOCC1)NC1CC(C)(OC)C1(C)C.I. The summed E-state index contributed by atoms with van der Waals surface area (Å²) in [6, 6.07) is 0.369. The first kappa shape index (κ1) is 23.9. The van der Waals surface area contributed by atoms with Gasteiger partial charge in [-0.05, 0) is 39.5 Å². The van der Waals surface area contributed by atoms with E-state index in [1.807, 2.05) is 0 Å². The number of halogens is 1. The molecule has 0 radical (unpaired) electrons. The molecule has 0 bridgehead atoms. The molecule has 2 fully saturated rings. The van der Waals surface area contributed by atoms with E-state index in [9.17, 15) is 0 Å². The van der Waals surface area contributed by atoms with E-state index < -0.39 is 0 Å². The highest BCUT2D eigenvalue weighted by Gasteiger charge is 2.58. The number of methoxy groups -OCH3 is 1. The van der Waals surface area contributed by atoms with Crippen LogP contribution in [0.2, 0.25) is 0 Å². The predicted molar refractivity (Wildman–Crippen MR) is 117 cm³/mol. The molecule has 0 spiro atoms. The third-order valence-corrected chi connectivity index (χ3v) is 6.03. The highest BCUT2D eigenvalue weighted by molar-refractivity contribution is 14.0. The first-order valence-corrected chi connectivity index (χ1v) is 9.72. The molecule has 0 amide bonds. The number of ether oxygens (including phenoxy) is 3. The first-order chi connectivity index (χ1) is 11.9. The molecule has 1 heterocycles. The summed E-state index contributed by atoms with van der Waals surface area (Å²) < 4.78 is 17.0. The third kappa shape index (κ3) is 5.94. The molecule has 1 aliphatic carbocycles. The largest absolute Gasteiger partial charge is 0.381 e. The number of nitrogens with zero attached hydrogens (tertiary/aromatic N) is 1. The van der Waals surface area contributed by atoms with Gasteiger partial charge >= 0.3 is 0 Å².